The second-order valence-corrected chi connectivity index (χ2v) is 6.69. The van der Waals surface area contributed by atoms with Crippen molar-refractivity contribution in [3.8, 4) is 0 Å². The fourth-order valence-electron chi connectivity index (χ4n) is 3.67. The van der Waals surface area contributed by atoms with Crippen molar-refractivity contribution in [2.24, 2.45) is 17.8 Å². The van der Waals surface area contributed by atoms with Gasteiger partial charge < -0.3 is 10.4 Å². The van der Waals surface area contributed by atoms with E-state index in [4.69, 9.17) is 0 Å². The standard InChI is InChI=1S/C16H34N2O/c1-6-17-16-10-13(4)9-14(5)15(16)11-18(7-8-19)12(2)3/h12-17,19H,6-11H2,1-5H3. The topological polar surface area (TPSA) is 35.5 Å². The zero-order chi connectivity index (χ0) is 14.4. The Kier molecular flexibility index (Phi) is 7.33. The van der Waals surface area contributed by atoms with Crippen molar-refractivity contribution in [2.75, 3.05) is 26.2 Å². The molecule has 0 amide bonds. The van der Waals surface area contributed by atoms with E-state index >= 15 is 0 Å². The zero-order valence-electron chi connectivity index (χ0n) is 13.5. The van der Waals surface area contributed by atoms with Crippen LogP contribution in [0.15, 0.2) is 0 Å². The van der Waals surface area contributed by atoms with Gasteiger partial charge in [-0.2, -0.15) is 0 Å². The SMILES string of the molecule is CCNC1CC(C)CC(C)C1CN(CCO)C(C)C. The van der Waals surface area contributed by atoms with E-state index in [1.807, 2.05) is 0 Å². The molecule has 1 aliphatic rings. The second kappa shape index (κ2) is 8.23. The van der Waals surface area contributed by atoms with Crippen LogP contribution in [0.5, 0.6) is 0 Å². The smallest absolute Gasteiger partial charge is 0.0558 e. The van der Waals surface area contributed by atoms with Gasteiger partial charge in [0.25, 0.3) is 0 Å². The van der Waals surface area contributed by atoms with Gasteiger partial charge in [0.2, 0.25) is 0 Å². The van der Waals surface area contributed by atoms with Gasteiger partial charge in [-0.15, -0.1) is 0 Å². The van der Waals surface area contributed by atoms with E-state index in [-0.39, 0.29) is 6.61 Å². The number of hydrogen-bond acceptors (Lipinski definition) is 3. The maximum Gasteiger partial charge on any atom is 0.0558 e. The van der Waals surface area contributed by atoms with E-state index in [2.05, 4.69) is 44.8 Å². The molecule has 2 N–H and O–H groups in total. The molecule has 1 fully saturated rings. The number of aliphatic hydroxyl groups is 1. The van der Waals surface area contributed by atoms with Gasteiger partial charge in [-0.05, 0) is 51.0 Å². The third-order valence-electron chi connectivity index (χ3n) is 4.71. The molecule has 0 bridgehead atoms. The highest BCUT2D eigenvalue weighted by Crippen LogP contribution is 2.34. The summed E-state index contributed by atoms with van der Waals surface area (Å²) in [6, 6.07) is 1.16. The summed E-state index contributed by atoms with van der Waals surface area (Å²) in [6.07, 6.45) is 2.64. The zero-order valence-corrected chi connectivity index (χ0v) is 13.5. The van der Waals surface area contributed by atoms with Gasteiger partial charge in [-0.25, -0.2) is 0 Å². The van der Waals surface area contributed by atoms with Gasteiger partial charge in [0, 0.05) is 25.2 Å². The maximum atomic E-state index is 9.23. The van der Waals surface area contributed by atoms with E-state index < -0.39 is 0 Å². The Morgan fingerprint density at radius 2 is 1.95 bits per heavy atom. The fraction of sp³-hybridized carbons (Fsp3) is 1.00. The summed E-state index contributed by atoms with van der Waals surface area (Å²) in [6.45, 7) is 14.7. The first-order chi connectivity index (χ1) is 8.99. The van der Waals surface area contributed by atoms with Crippen molar-refractivity contribution in [3.05, 3.63) is 0 Å². The van der Waals surface area contributed by atoms with Gasteiger partial charge in [0.05, 0.1) is 6.61 Å². The molecule has 0 aliphatic heterocycles. The quantitative estimate of drug-likeness (QED) is 0.745. The molecule has 1 saturated carbocycles. The Hall–Kier alpha value is -0.120. The van der Waals surface area contributed by atoms with Crippen molar-refractivity contribution < 1.29 is 5.11 Å². The number of nitrogens with one attached hydrogen (secondary N) is 1. The molecule has 1 rings (SSSR count). The van der Waals surface area contributed by atoms with Crippen molar-refractivity contribution in [2.45, 2.75) is 59.5 Å². The molecular weight excluding hydrogens is 236 g/mol. The first-order valence-corrected chi connectivity index (χ1v) is 8.07. The molecule has 114 valence electrons. The van der Waals surface area contributed by atoms with Gasteiger partial charge in [-0.3, -0.25) is 4.90 Å². The van der Waals surface area contributed by atoms with Crippen LogP contribution < -0.4 is 5.32 Å². The van der Waals surface area contributed by atoms with Gasteiger partial charge >= 0.3 is 0 Å². The first-order valence-electron chi connectivity index (χ1n) is 8.07. The van der Waals surface area contributed by atoms with Crippen LogP contribution >= 0.6 is 0 Å². The lowest BCUT2D eigenvalue weighted by atomic mass is 9.72. The molecule has 0 radical (unpaired) electrons. The molecule has 0 aromatic carbocycles. The molecule has 3 nitrogen and oxygen atoms in total. The van der Waals surface area contributed by atoms with Gasteiger partial charge in [0.15, 0.2) is 0 Å². The Morgan fingerprint density at radius 1 is 1.26 bits per heavy atom. The van der Waals surface area contributed by atoms with Crippen LogP contribution in [0.4, 0.5) is 0 Å². The van der Waals surface area contributed by atoms with Crippen LogP contribution in [0.2, 0.25) is 0 Å². The largest absolute Gasteiger partial charge is 0.395 e. The third kappa shape index (κ3) is 5.05. The van der Waals surface area contributed by atoms with Crippen LogP contribution in [-0.4, -0.2) is 48.3 Å². The molecule has 3 heteroatoms. The minimum atomic E-state index is 0.265. The fourth-order valence-corrected chi connectivity index (χ4v) is 3.67. The molecule has 19 heavy (non-hydrogen) atoms. The Labute approximate surface area is 119 Å². The van der Waals surface area contributed by atoms with Crippen molar-refractivity contribution in [1.29, 1.82) is 0 Å². The van der Waals surface area contributed by atoms with Crippen LogP contribution in [0.1, 0.15) is 47.5 Å². The summed E-state index contributed by atoms with van der Waals surface area (Å²) in [5.74, 6) is 2.32. The van der Waals surface area contributed by atoms with Crippen LogP contribution in [0.3, 0.4) is 0 Å². The van der Waals surface area contributed by atoms with Crippen molar-refractivity contribution >= 4 is 0 Å². The molecule has 0 aromatic heterocycles. The lowest BCUT2D eigenvalue weighted by Crippen LogP contribution is -2.50. The average molecular weight is 270 g/mol. The highest BCUT2D eigenvalue weighted by molar-refractivity contribution is 4.89. The molecule has 4 atom stereocenters. The lowest BCUT2D eigenvalue weighted by molar-refractivity contribution is 0.0764. The molecule has 4 unspecified atom stereocenters. The van der Waals surface area contributed by atoms with E-state index in [0.29, 0.717) is 18.0 Å². The summed E-state index contributed by atoms with van der Waals surface area (Å²) in [4.78, 5) is 2.43. The predicted octanol–water partition coefficient (Wildman–Crippen LogP) is 2.35. The molecule has 0 aromatic rings. The third-order valence-corrected chi connectivity index (χ3v) is 4.71. The minimum Gasteiger partial charge on any atom is -0.395 e. The maximum absolute atomic E-state index is 9.23. The summed E-state index contributed by atoms with van der Waals surface area (Å²) in [5.41, 5.74) is 0. The highest BCUT2D eigenvalue weighted by atomic mass is 16.3. The highest BCUT2D eigenvalue weighted by Gasteiger charge is 2.34. The Morgan fingerprint density at radius 3 is 2.47 bits per heavy atom. The minimum absolute atomic E-state index is 0.265. The van der Waals surface area contributed by atoms with Gasteiger partial charge in [-0.1, -0.05) is 20.8 Å². The number of aliphatic hydroxyl groups excluding tert-OH is 1. The van der Waals surface area contributed by atoms with Crippen LogP contribution in [0.25, 0.3) is 0 Å². The molecule has 0 spiro atoms. The predicted molar refractivity (Wildman–Crippen MR) is 82.3 cm³/mol. The second-order valence-electron chi connectivity index (χ2n) is 6.69. The molecule has 0 saturated heterocycles. The number of rotatable bonds is 7. The van der Waals surface area contributed by atoms with E-state index in [1.54, 1.807) is 0 Å². The average Bonchev–Trinajstić information content (AvgIpc) is 2.32. The van der Waals surface area contributed by atoms with Gasteiger partial charge in [0.1, 0.15) is 0 Å². The summed E-state index contributed by atoms with van der Waals surface area (Å²) in [7, 11) is 0. The van der Waals surface area contributed by atoms with Crippen LogP contribution in [-0.2, 0) is 0 Å². The normalized spacial score (nSPS) is 32.2. The summed E-state index contributed by atoms with van der Waals surface area (Å²) >= 11 is 0. The lowest BCUT2D eigenvalue weighted by Gasteiger charge is -2.43. The Bertz CT molecular complexity index is 245. The van der Waals surface area contributed by atoms with Crippen molar-refractivity contribution in [1.82, 2.24) is 10.2 Å². The number of hydrogen-bond donors (Lipinski definition) is 2. The molecular formula is C16H34N2O. The Balaban J connectivity index is 2.68. The summed E-state index contributed by atoms with van der Waals surface area (Å²) in [5, 5.41) is 12.9. The molecule has 0 heterocycles. The number of nitrogens with zero attached hydrogens (tertiary/aromatic N) is 1. The molecule has 1 aliphatic carbocycles. The van der Waals surface area contributed by atoms with E-state index in [0.717, 1.165) is 31.5 Å². The monoisotopic (exact) mass is 270 g/mol. The van der Waals surface area contributed by atoms with E-state index in [9.17, 15) is 5.11 Å². The van der Waals surface area contributed by atoms with Crippen LogP contribution in [0, 0.1) is 17.8 Å². The first kappa shape index (κ1) is 16.9. The van der Waals surface area contributed by atoms with E-state index in [1.165, 1.54) is 12.8 Å². The van der Waals surface area contributed by atoms with Crippen molar-refractivity contribution in [3.63, 3.8) is 0 Å². The summed E-state index contributed by atoms with van der Waals surface area (Å²) < 4.78 is 0.